The molecule has 0 aliphatic heterocycles. The van der Waals surface area contributed by atoms with Crippen LogP contribution in [0.25, 0.3) is 0 Å². The van der Waals surface area contributed by atoms with Crippen LogP contribution >= 0.6 is 23.2 Å². The number of hydrogen-bond donors (Lipinski definition) is 0. The van der Waals surface area contributed by atoms with Gasteiger partial charge in [-0.25, -0.2) is 0 Å². The fraction of sp³-hybridized carbons (Fsp3) is 0.333. The van der Waals surface area contributed by atoms with Crippen LogP contribution in [0.4, 0.5) is 26.3 Å². The van der Waals surface area contributed by atoms with Crippen molar-refractivity contribution in [2.45, 2.75) is 12.4 Å². The van der Waals surface area contributed by atoms with Gasteiger partial charge in [0.25, 0.3) is 0 Å². The van der Waals surface area contributed by atoms with Gasteiger partial charge in [0.05, 0.1) is 0 Å². The maximum atomic E-state index is 10.9. The van der Waals surface area contributed by atoms with Crippen molar-refractivity contribution >= 4 is 23.2 Å². The summed E-state index contributed by atoms with van der Waals surface area (Å²) in [6.45, 7) is 2.47. The van der Waals surface area contributed by atoms with Crippen LogP contribution in [0.3, 0.4) is 0 Å². The molecular formula is C6H4Cl2F6. The zero-order valence-electron chi connectivity index (χ0n) is 6.39. The highest BCUT2D eigenvalue weighted by molar-refractivity contribution is 6.30. The minimum Gasteiger partial charge on any atom is -0.167 e. The second-order valence-corrected chi connectivity index (χ2v) is 2.45. The van der Waals surface area contributed by atoms with E-state index in [-0.39, 0.29) is 6.08 Å². The molecule has 0 bridgehead atoms. The van der Waals surface area contributed by atoms with Crippen LogP contribution in [0.1, 0.15) is 0 Å². The molecule has 0 saturated carbocycles. The van der Waals surface area contributed by atoms with E-state index in [2.05, 4.69) is 29.8 Å². The van der Waals surface area contributed by atoms with Crippen molar-refractivity contribution in [3.8, 4) is 0 Å². The van der Waals surface area contributed by atoms with Gasteiger partial charge in [-0.1, -0.05) is 29.8 Å². The van der Waals surface area contributed by atoms with Crippen molar-refractivity contribution in [1.82, 2.24) is 0 Å². The summed E-state index contributed by atoms with van der Waals surface area (Å²) in [5.41, 5.74) is 0.431. The van der Waals surface area contributed by atoms with Crippen LogP contribution in [0.2, 0.25) is 0 Å². The van der Waals surface area contributed by atoms with Crippen LogP contribution in [-0.2, 0) is 0 Å². The first-order valence-corrected chi connectivity index (χ1v) is 3.58. The van der Waals surface area contributed by atoms with E-state index < -0.39 is 17.4 Å². The molecule has 0 spiro atoms. The number of hydrogen-bond acceptors (Lipinski definition) is 0. The van der Waals surface area contributed by atoms with Gasteiger partial charge in [-0.05, 0) is 0 Å². The summed E-state index contributed by atoms with van der Waals surface area (Å²) >= 11 is 9.02. The molecule has 0 atom stereocenters. The predicted molar refractivity (Wildman–Crippen MR) is 42.1 cm³/mol. The first-order valence-electron chi connectivity index (χ1n) is 2.77. The second-order valence-electron chi connectivity index (χ2n) is 1.74. The van der Waals surface area contributed by atoms with Crippen LogP contribution in [-0.4, -0.2) is 12.4 Å². The molecule has 0 saturated heterocycles. The van der Waals surface area contributed by atoms with Gasteiger partial charge in [0.2, 0.25) is 0 Å². The molecule has 0 radical (unpaired) electrons. The fourth-order valence-electron chi connectivity index (χ4n) is 0.0714. The molecule has 14 heavy (non-hydrogen) atoms. The van der Waals surface area contributed by atoms with Crippen molar-refractivity contribution in [1.29, 1.82) is 0 Å². The number of alkyl halides is 6. The lowest BCUT2D eigenvalue weighted by atomic mass is 10.6. The van der Waals surface area contributed by atoms with Crippen LogP contribution in [0.15, 0.2) is 23.2 Å². The first kappa shape index (κ1) is 16.1. The molecular weight excluding hydrogens is 257 g/mol. The van der Waals surface area contributed by atoms with Crippen molar-refractivity contribution in [2.75, 3.05) is 0 Å². The first-order chi connectivity index (χ1) is 6.00. The number of allylic oxidation sites excluding steroid dienone is 2. The van der Waals surface area contributed by atoms with Crippen molar-refractivity contribution in [3.05, 3.63) is 23.2 Å². The quantitative estimate of drug-likeness (QED) is 0.559. The molecule has 0 aliphatic carbocycles. The Morgan fingerprint density at radius 1 is 1.07 bits per heavy atom. The molecule has 8 heteroatoms. The summed E-state index contributed by atoms with van der Waals surface area (Å²) in [4.78, 5) is 0. The van der Waals surface area contributed by atoms with Gasteiger partial charge < -0.3 is 0 Å². The molecule has 0 N–H and O–H groups in total. The Kier molecular flexibility index (Phi) is 7.11. The van der Waals surface area contributed by atoms with E-state index in [4.69, 9.17) is 0 Å². The van der Waals surface area contributed by atoms with E-state index >= 15 is 0 Å². The highest BCUT2D eigenvalue weighted by Crippen LogP contribution is 2.26. The molecule has 0 heterocycles. The van der Waals surface area contributed by atoms with Crippen LogP contribution in [0, 0.1) is 0 Å². The maximum Gasteiger partial charge on any atom is 0.426 e. The molecule has 0 aromatic heterocycles. The summed E-state index contributed by atoms with van der Waals surface area (Å²) in [5.74, 6) is 0. The van der Waals surface area contributed by atoms with Crippen molar-refractivity contribution in [2.24, 2.45) is 0 Å². The molecule has 84 valence electrons. The Bertz CT molecular complexity index is 201. The molecule has 0 fully saturated rings. The second kappa shape index (κ2) is 6.19. The summed E-state index contributed by atoms with van der Waals surface area (Å²) in [6, 6.07) is 0. The Hall–Kier alpha value is -0.360. The Balaban J connectivity index is 0. The van der Waals surface area contributed by atoms with E-state index in [0.29, 0.717) is 5.54 Å². The standard InChI is InChI=1S/2C3H2ClF3/c1-2(4)3(5,6)7;4-2-1-3(5,6)7/h1H2;1-2H/b;2-1+. The summed E-state index contributed by atoms with van der Waals surface area (Å²) in [7, 11) is 0. The zero-order chi connectivity index (χ0) is 12.0. The largest absolute Gasteiger partial charge is 0.426 e. The van der Waals surface area contributed by atoms with Gasteiger partial charge >= 0.3 is 12.4 Å². The molecule has 0 rings (SSSR count). The molecule has 0 aromatic rings. The summed E-state index contributed by atoms with van der Waals surface area (Å²) in [5, 5.41) is -1.28. The normalized spacial score (nSPS) is 12.3. The number of halogens is 8. The molecule has 0 amide bonds. The van der Waals surface area contributed by atoms with Crippen LogP contribution < -0.4 is 0 Å². The topological polar surface area (TPSA) is 0 Å². The Morgan fingerprint density at radius 3 is 1.36 bits per heavy atom. The smallest absolute Gasteiger partial charge is 0.167 e. The molecule has 0 aliphatic rings. The summed E-state index contributed by atoms with van der Waals surface area (Å²) in [6.07, 6.45) is -8.74. The van der Waals surface area contributed by atoms with Gasteiger partial charge in [-0.15, -0.1) is 0 Å². The lowest BCUT2D eigenvalue weighted by molar-refractivity contribution is -0.0843. The highest BCUT2D eigenvalue weighted by Gasteiger charge is 2.30. The van der Waals surface area contributed by atoms with Gasteiger partial charge in [-0.3, -0.25) is 0 Å². The Morgan fingerprint density at radius 2 is 1.36 bits per heavy atom. The third kappa shape index (κ3) is 14.2. The van der Waals surface area contributed by atoms with Crippen LogP contribution in [0.5, 0.6) is 0 Å². The SMILES string of the molecule is C=C(Cl)C(F)(F)F.FC(F)(F)/C=C/Cl. The van der Waals surface area contributed by atoms with Gasteiger partial charge in [0.15, 0.2) is 0 Å². The maximum absolute atomic E-state index is 10.9. The zero-order valence-corrected chi connectivity index (χ0v) is 7.90. The lowest BCUT2D eigenvalue weighted by Gasteiger charge is -1.98. The molecule has 0 unspecified atom stereocenters. The van der Waals surface area contributed by atoms with Crippen molar-refractivity contribution in [3.63, 3.8) is 0 Å². The fourth-order valence-corrected chi connectivity index (χ4v) is 0.214. The minimum atomic E-state index is -4.43. The third-order valence-electron chi connectivity index (χ3n) is 0.560. The minimum absolute atomic E-state index is 0.0471. The molecule has 0 aromatic carbocycles. The average Bonchev–Trinajstić information content (AvgIpc) is 1.82. The van der Waals surface area contributed by atoms with Gasteiger partial charge in [-0.2, -0.15) is 26.3 Å². The van der Waals surface area contributed by atoms with E-state index in [1.807, 2.05) is 0 Å². The van der Waals surface area contributed by atoms with E-state index in [1.54, 1.807) is 0 Å². The van der Waals surface area contributed by atoms with E-state index in [0.717, 1.165) is 0 Å². The summed E-state index contributed by atoms with van der Waals surface area (Å²) < 4.78 is 65.5. The number of rotatable bonds is 0. The lowest BCUT2D eigenvalue weighted by Crippen LogP contribution is -2.04. The monoisotopic (exact) mass is 260 g/mol. The van der Waals surface area contributed by atoms with Gasteiger partial charge in [0.1, 0.15) is 5.03 Å². The predicted octanol–water partition coefficient (Wildman–Crippen LogP) is 4.60. The Labute approximate surface area is 85.8 Å². The van der Waals surface area contributed by atoms with Gasteiger partial charge in [0, 0.05) is 11.6 Å². The van der Waals surface area contributed by atoms with Crippen molar-refractivity contribution < 1.29 is 26.3 Å². The van der Waals surface area contributed by atoms with E-state index in [9.17, 15) is 26.3 Å². The molecule has 0 nitrogen and oxygen atoms in total. The van der Waals surface area contributed by atoms with E-state index in [1.165, 1.54) is 0 Å². The average molecular weight is 261 g/mol. The highest BCUT2D eigenvalue weighted by atomic mass is 35.5. The third-order valence-corrected chi connectivity index (χ3v) is 0.900.